The average molecular weight is 213 g/mol. The van der Waals surface area contributed by atoms with E-state index in [0.717, 1.165) is 26.1 Å². The largest absolute Gasteiger partial charge is 0.381 e. The van der Waals surface area contributed by atoms with Gasteiger partial charge in [0.05, 0.1) is 18.3 Å². The summed E-state index contributed by atoms with van der Waals surface area (Å²) in [5, 5.41) is 0. The van der Waals surface area contributed by atoms with Crippen LogP contribution in [0.15, 0.2) is 0 Å². The third kappa shape index (κ3) is 2.92. The van der Waals surface area contributed by atoms with Crippen molar-refractivity contribution in [3.63, 3.8) is 0 Å². The highest BCUT2D eigenvalue weighted by atomic mass is 16.5. The zero-order chi connectivity index (χ0) is 10.9. The highest BCUT2D eigenvalue weighted by molar-refractivity contribution is 4.85. The Kier molecular flexibility index (Phi) is 3.33. The summed E-state index contributed by atoms with van der Waals surface area (Å²) >= 11 is 0. The van der Waals surface area contributed by atoms with Gasteiger partial charge in [-0.05, 0) is 45.4 Å². The lowest BCUT2D eigenvalue weighted by atomic mass is 9.90. The van der Waals surface area contributed by atoms with E-state index in [1.165, 1.54) is 12.8 Å². The summed E-state index contributed by atoms with van der Waals surface area (Å²) in [6, 6.07) is 0.311. The lowest BCUT2D eigenvalue weighted by Crippen LogP contribution is -2.40. The lowest BCUT2D eigenvalue weighted by Gasteiger charge is -2.31. The van der Waals surface area contributed by atoms with Crippen molar-refractivity contribution in [3.8, 4) is 0 Å². The maximum atomic E-state index is 6.09. The van der Waals surface area contributed by atoms with Crippen LogP contribution in [-0.2, 0) is 9.47 Å². The van der Waals surface area contributed by atoms with Crippen LogP contribution in [0.2, 0.25) is 0 Å². The van der Waals surface area contributed by atoms with Gasteiger partial charge in [-0.3, -0.25) is 0 Å². The van der Waals surface area contributed by atoms with E-state index in [-0.39, 0.29) is 5.60 Å². The third-order valence-corrected chi connectivity index (χ3v) is 3.65. The second-order valence-corrected chi connectivity index (χ2v) is 5.56. The molecule has 3 atom stereocenters. The fourth-order valence-corrected chi connectivity index (χ4v) is 2.64. The number of rotatable bonds is 2. The quantitative estimate of drug-likeness (QED) is 0.759. The van der Waals surface area contributed by atoms with E-state index in [4.69, 9.17) is 15.2 Å². The van der Waals surface area contributed by atoms with Crippen molar-refractivity contribution in [3.05, 3.63) is 0 Å². The molecule has 88 valence electrons. The Hall–Kier alpha value is -0.120. The van der Waals surface area contributed by atoms with Crippen LogP contribution in [0.1, 0.15) is 39.5 Å². The van der Waals surface area contributed by atoms with E-state index in [1.54, 1.807) is 0 Å². The van der Waals surface area contributed by atoms with E-state index in [9.17, 15) is 0 Å². The number of nitrogens with two attached hydrogens (primary N) is 1. The average Bonchev–Trinajstić information content (AvgIpc) is 2.50. The van der Waals surface area contributed by atoms with Gasteiger partial charge >= 0.3 is 0 Å². The van der Waals surface area contributed by atoms with Crippen molar-refractivity contribution >= 4 is 0 Å². The van der Waals surface area contributed by atoms with Crippen molar-refractivity contribution in [2.75, 3.05) is 13.2 Å². The molecule has 2 fully saturated rings. The van der Waals surface area contributed by atoms with E-state index >= 15 is 0 Å². The fraction of sp³-hybridized carbons (Fsp3) is 1.00. The molecule has 3 unspecified atom stereocenters. The molecule has 2 aliphatic rings. The van der Waals surface area contributed by atoms with Gasteiger partial charge < -0.3 is 15.2 Å². The zero-order valence-corrected chi connectivity index (χ0v) is 9.87. The van der Waals surface area contributed by atoms with Crippen LogP contribution in [0.4, 0.5) is 0 Å². The fourth-order valence-electron chi connectivity index (χ4n) is 2.64. The molecule has 2 heterocycles. The zero-order valence-electron chi connectivity index (χ0n) is 9.87. The minimum atomic E-state index is 0.0737. The maximum absolute atomic E-state index is 6.09. The van der Waals surface area contributed by atoms with Crippen LogP contribution < -0.4 is 5.73 Å². The Morgan fingerprint density at radius 3 is 2.73 bits per heavy atom. The summed E-state index contributed by atoms with van der Waals surface area (Å²) in [4.78, 5) is 0. The van der Waals surface area contributed by atoms with Gasteiger partial charge in [-0.1, -0.05) is 0 Å². The third-order valence-electron chi connectivity index (χ3n) is 3.65. The summed E-state index contributed by atoms with van der Waals surface area (Å²) < 4.78 is 11.5. The van der Waals surface area contributed by atoms with Crippen molar-refractivity contribution < 1.29 is 9.47 Å². The van der Waals surface area contributed by atoms with Gasteiger partial charge in [0.15, 0.2) is 0 Å². The normalized spacial score (nSPS) is 40.6. The first-order valence-electron chi connectivity index (χ1n) is 6.08. The van der Waals surface area contributed by atoms with Gasteiger partial charge in [0.25, 0.3) is 0 Å². The number of hydrogen-bond acceptors (Lipinski definition) is 3. The minimum absolute atomic E-state index is 0.0737. The van der Waals surface area contributed by atoms with E-state index in [1.807, 2.05) is 0 Å². The Labute approximate surface area is 92.3 Å². The Bertz CT molecular complexity index is 218. The van der Waals surface area contributed by atoms with E-state index < -0.39 is 0 Å². The molecule has 0 aliphatic carbocycles. The first-order valence-corrected chi connectivity index (χ1v) is 6.08. The van der Waals surface area contributed by atoms with Crippen LogP contribution in [0.5, 0.6) is 0 Å². The highest BCUT2D eigenvalue weighted by Crippen LogP contribution is 2.33. The second-order valence-electron chi connectivity index (χ2n) is 5.56. The standard InChI is InChI=1S/C12H23NO2/c1-12(2)5-3-10(15-12)7-9-8-14-6-4-11(9)13/h9-11H,3-8,13H2,1-2H3. The van der Waals surface area contributed by atoms with Crippen LogP contribution in [0, 0.1) is 5.92 Å². The van der Waals surface area contributed by atoms with Gasteiger partial charge in [-0.15, -0.1) is 0 Å². The maximum Gasteiger partial charge on any atom is 0.0631 e. The molecule has 0 saturated carbocycles. The molecule has 0 spiro atoms. The molecule has 0 bridgehead atoms. The minimum Gasteiger partial charge on any atom is -0.381 e. The van der Waals surface area contributed by atoms with Gasteiger partial charge in [-0.25, -0.2) is 0 Å². The molecule has 2 N–H and O–H groups in total. The molecule has 2 rings (SSSR count). The highest BCUT2D eigenvalue weighted by Gasteiger charge is 2.34. The summed E-state index contributed by atoms with van der Waals surface area (Å²) in [5.41, 5.74) is 6.16. The lowest BCUT2D eigenvalue weighted by molar-refractivity contribution is -0.0418. The summed E-state index contributed by atoms with van der Waals surface area (Å²) in [6.45, 7) is 5.99. The Balaban J connectivity index is 1.81. The first-order chi connectivity index (χ1) is 7.07. The van der Waals surface area contributed by atoms with Gasteiger partial charge in [0.2, 0.25) is 0 Å². The Morgan fingerprint density at radius 2 is 2.13 bits per heavy atom. The number of ether oxygens (including phenoxy) is 2. The molecule has 0 aromatic rings. The molecule has 3 heteroatoms. The molecular formula is C12H23NO2. The summed E-state index contributed by atoms with van der Waals surface area (Å²) in [5.74, 6) is 0.498. The predicted octanol–water partition coefficient (Wildman–Crippen LogP) is 1.70. The molecule has 0 amide bonds. The predicted molar refractivity (Wildman–Crippen MR) is 59.7 cm³/mol. The smallest absolute Gasteiger partial charge is 0.0631 e. The number of hydrogen-bond donors (Lipinski definition) is 1. The molecule has 15 heavy (non-hydrogen) atoms. The molecule has 2 aliphatic heterocycles. The van der Waals surface area contributed by atoms with E-state index in [2.05, 4.69) is 13.8 Å². The van der Waals surface area contributed by atoms with Crippen molar-refractivity contribution in [1.29, 1.82) is 0 Å². The molecule has 0 aromatic carbocycles. The van der Waals surface area contributed by atoms with Gasteiger partial charge in [0.1, 0.15) is 0 Å². The van der Waals surface area contributed by atoms with Crippen molar-refractivity contribution in [2.24, 2.45) is 11.7 Å². The Morgan fingerprint density at radius 1 is 1.33 bits per heavy atom. The van der Waals surface area contributed by atoms with Gasteiger partial charge in [0, 0.05) is 12.6 Å². The SMILES string of the molecule is CC1(C)CCC(CC2COCCC2N)O1. The van der Waals surface area contributed by atoms with Crippen molar-refractivity contribution in [1.82, 2.24) is 0 Å². The van der Waals surface area contributed by atoms with E-state index in [0.29, 0.717) is 18.1 Å². The van der Waals surface area contributed by atoms with Crippen LogP contribution >= 0.6 is 0 Å². The van der Waals surface area contributed by atoms with Gasteiger partial charge in [-0.2, -0.15) is 0 Å². The molecule has 0 radical (unpaired) electrons. The first kappa shape index (κ1) is 11.4. The molecule has 2 saturated heterocycles. The van der Waals surface area contributed by atoms with Crippen LogP contribution in [0.3, 0.4) is 0 Å². The topological polar surface area (TPSA) is 44.5 Å². The van der Waals surface area contributed by atoms with Crippen LogP contribution in [-0.4, -0.2) is 31.0 Å². The molecular weight excluding hydrogens is 190 g/mol. The van der Waals surface area contributed by atoms with Crippen LogP contribution in [0.25, 0.3) is 0 Å². The second kappa shape index (κ2) is 4.40. The monoisotopic (exact) mass is 213 g/mol. The molecule has 0 aromatic heterocycles. The van der Waals surface area contributed by atoms with Crippen molar-refractivity contribution in [2.45, 2.75) is 57.3 Å². The summed E-state index contributed by atoms with van der Waals surface area (Å²) in [7, 11) is 0. The molecule has 3 nitrogen and oxygen atoms in total. The summed E-state index contributed by atoms with van der Waals surface area (Å²) in [6.07, 6.45) is 4.82.